The molecule has 3 aromatic rings. The number of carbonyl (C=O) groups is 1. The van der Waals surface area contributed by atoms with E-state index in [1.807, 2.05) is 24.3 Å². The fourth-order valence-corrected chi connectivity index (χ4v) is 3.04. The normalized spacial score (nSPS) is 15.5. The minimum absolute atomic E-state index is 0.111. The molecule has 0 unspecified atom stereocenters. The zero-order valence-electron chi connectivity index (χ0n) is 12.1. The summed E-state index contributed by atoms with van der Waals surface area (Å²) in [6.07, 6.45) is 6.01. The highest BCUT2D eigenvalue weighted by Crippen LogP contribution is 2.22. The lowest BCUT2D eigenvalue weighted by molar-refractivity contribution is 0.0934. The van der Waals surface area contributed by atoms with Gasteiger partial charge in [0.05, 0.1) is 17.4 Å². The third kappa shape index (κ3) is 2.26. The summed E-state index contributed by atoms with van der Waals surface area (Å²) in [5.74, 6) is 0.499. The molecule has 6 nitrogen and oxygen atoms in total. The van der Waals surface area contributed by atoms with Crippen LogP contribution in [0.3, 0.4) is 0 Å². The van der Waals surface area contributed by atoms with Gasteiger partial charge < -0.3 is 15.3 Å². The number of H-pyrrole nitrogens is 2. The van der Waals surface area contributed by atoms with Crippen LogP contribution in [-0.2, 0) is 0 Å². The van der Waals surface area contributed by atoms with Crippen molar-refractivity contribution in [2.24, 2.45) is 0 Å². The number of nitrogens with one attached hydrogen (secondary N) is 3. The summed E-state index contributed by atoms with van der Waals surface area (Å²) in [6, 6.07) is 8.05. The maximum Gasteiger partial charge on any atom is 0.270 e. The number of hydrogen-bond donors (Lipinski definition) is 3. The molecule has 0 spiro atoms. The van der Waals surface area contributed by atoms with E-state index in [9.17, 15) is 4.79 Å². The van der Waals surface area contributed by atoms with Crippen LogP contribution in [0.15, 0.2) is 30.6 Å². The van der Waals surface area contributed by atoms with Gasteiger partial charge in [0.15, 0.2) is 5.82 Å². The number of fused-ring (bicyclic) bond motifs is 1. The van der Waals surface area contributed by atoms with Gasteiger partial charge in [-0.2, -0.15) is 0 Å². The van der Waals surface area contributed by atoms with Crippen molar-refractivity contribution in [2.45, 2.75) is 31.7 Å². The Bertz CT molecular complexity index is 780. The maximum atomic E-state index is 12.4. The summed E-state index contributed by atoms with van der Waals surface area (Å²) in [6.45, 7) is 0. The van der Waals surface area contributed by atoms with Crippen LogP contribution in [0, 0.1) is 0 Å². The first-order valence-corrected chi connectivity index (χ1v) is 7.60. The standard InChI is InChI=1S/C16H17N5O/c22-16(19-10-5-1-2-6-10)14-13(17-9-18-14)15-20-11-7-3-4-8-12(11)21-15/h3-4,7-10H,1-2,5-6H2,(H,17,18)(H,19,22)(H,20,21). The molecule has 0 atom stereocenters. The van der Waals surface area contributed by atoms with Gasteiger partial charge in [-0.3, -0.25) is 4.79 Å². The van der Waals surface area contributed by atoms with Gasteiger partial charge in [-0.25, -0.2) is 9.97 Å². The van der Waals surface area contributed by atoms with Crippen molar-refractivity contribution in [3.05, 3.63) is 36.3 Å². The first-order chi connectivity index (χ1) is 10.8. The fourth-order valence-electron chi connectivity index (χ4n) is 3.04. The molecule has 1 fully saturated rings. The summed E-state index contributed by atoms with van der Waals surface area (Å²) >= 11 is 0. The van der Waals surface area contributed by atoms with Crippen molar-refractivity contribution in [1.29, 1.82) is 0 Å². The smallest absolute Gasteiger partial charge is 0.270 e. The van der Waals surface area contributed by atoms with Crippen LogP contribution in [0.5, 0.6) is 0 Å². The molecule has 6 heteroatoms. The number of para-hydroxylation sites is 2. The second kappa shape index (κ2) is 5.29. The third-order valence-corrected chi connectivity index (χ3v) is 4.17. The Morgan fingerprint density at radius 1 is 1.23 bits per heavy atom. The lowest BCUT2D eigenvalue weighted by Crippen LogP contribution is -2.33. The zero-order valence-corrected chi connectivity index (χ0v) is 12.1. The number of amides is 1. The van der Waals surface area contributed by atoms with E-state index in [4.69, 9.17) is 0 Å². The molecular formula is C16H17N5O. The second-order valence-electron chi connectivity index (χ2n) is 5.68. The first kappa shape index (κ1) is 13.1. The highest BCUT2D eigenvalue weighted by Gasteiger charge is 2.22. The Labute approximate surface area is 127 Å². The monoisotopic (exact) mass is 295 g/mol. The number of nitrogens with zero attached hydrogens (tertiary/aromatic N) is 2. The maximum absolute atomic E-state index is 12.4. The summed E-state index contributed by atoms with van der Waals surface area (Å²) in [4.78, 5) is 27.4. The summed E-state index contributed by atoms with van der Waals surface area (Å²) in [5.41, 5.74) is 2.82. The number of aromatic nitrogens is 4. The summed E-state index contributed by atoms with van der Waals surface area (Å²) < 4.78 is 0. The molecule has 0 aliphatic heterocycles. The van der Waals surface area contributed by atoms with Crippen LogP contribution >= 0.6 is 0 Å². The van der Waals surface area contributed by atoms with Crippen molar-refractivity contribution in [2.75, 3.05) is 0 Å². The summed E-state index contributed by atoms with van der Waals surface area (Å²) in [5, 5.41) is 3.07. The van der Waals surface area contributed by atoms with Crippen molar-refractivity contribution < 1.29 is 4.79 Å². The highest BCUT2D eigenvalue weighted by atomic mass is 16.2. The van der Waals surface area contributed by atoms with E-state index in [0.717, 1.165) is 23.9 Å². The van der Waals surface area contributed by atoms with Crippen molar-refractivity contribution in [1.82, 2.24) is 25.3 Å². The molecule has 0 radical (unpaired) electrons. The molecule has 112 valence electrons. The Morgan fingerprint density at radius 3 is 2.86 bits per heavy atom. The van der Waals surface area contributed by atoms with Crippen molar-refractivity contribution in [3.63, 3.8) is 0 Å². The van der Waals surface area contributed by atoms with Crippen LogP contribution in [0.4, 0.5) is 0 Å². The Balaban J connectivity index is 1.65. The predicted octanol–water partition coefficient (Wildman–Crippen LogP) is 2.63. The van der Waals surface area contributed by atoms with Gasteiger partial charge in [0.25, 0.3) is 5.91 Å². The van der Waals surface area contributed by atoms with E-state index < -0.39 is 0 Å². The average molecular weight is 295 g/mol. The SMILES string of the molecule is O=C(NC1CCCC1)c1[nH]cnc1-c1nc2ccccc2[nH]1. The van der Waals surface area contributed by atoms with Crippen LogP contribution in [0.1, 0.15) is 36.2 Å². The molecule has 2 aromatic heterocycles. The molecule has 1 aliphatic rings. The molecule has 22 heavy (non-hydrogen) atoms. The molecule has 1 amide bonds. The van der Waals surface area contributed by atoms with Crippen molar-refractivity contribution in [3.8, 4) is 11.5 Å². The number of aromatic amines is 2. The van der Waals surface area contributed by atoms with Gasteiger partial charge in [0, 0.05) is 6.04 Å². The van der Waals surface area contributed by atoms with E-state index in [1.54, 1.807) is 0 Å². The number of benzene rings is 1. The number of rotatable bonds is 3. The van der Waals surface area contributed by atoms with Crippen LogP contribution < -0.4 is 5.32 Å². The van der Waals surface area contributed by atoms with Crippen molar-refractivity contribution >= 4 is 16.9 Å². The lowest BCUT2D eigenvalue weighted by atomic mass is 10.2. The number of carbonyl (C=O) groups excluding carboxylic acids is 1. The molecule has 0 bridgehead atoms. The Kier molecular flexibility index (Phi) is 3.14. The average Bonchev–Trinajstić information content (AvgIpc) is 3.26. The van der Waals surface area contributed by atoms with Gasteiger partial charge in [-0.1, -0.05) is 25.0 Å². The molecule has 2 heterocycles. The minimum atomic E-state index is -0.111. The predicted molar refractivity (Wildman–Crippen MR) is 83.4 cm³/mol. The second-order valence-corrected chi connectivity index (χ2v) is 5.68. The quantitative estimate of drug-likeness (QED) is 0.694. The van der Waals surface area contributed by atoms with Crippen LogP contribution in [-0.4, -0.2) is 31.9 Å². The lowest BCUT2D eigenvalue weighted by Gasteiger charge is -2.11. The highest BCUT2D eigenvalue weighted by molar-refractivity contribution is 5.98. The molecule has 1 aromatic carbocycles. The van der Waals surface area contributed by atoms with E-state index in [1.165, 1.54) is 19.2 Å². The fraction of sp³-hybridized carbons (Fsp3) is 0.312. The van der Waals surface area contributed by atoms with Crippen LogP contribution in [0.25, 0.3) is 22.6 Å². The largest absolute Gasteiger partial charge is 0.348 e. The molecule has 4 rings (SSSR count). The van der Waals surface area contributed by atoms with Gasteiger partial charge in [0.1, 0.15) is 11.4 Å². The topological polar surface area (TPSA) is 86.5 Å². The van der Waals surface area contributed by atoms with E-state index in [0.29, 0.717) is 17.2 Å². The van der Waals surface area contributed by atoms with Gasteiger partial charge >= 0.3 is 0 Å². The third-order valence-electron chi connectivity index (χ3n) is 4.17. The molecule has 1 saturated carbocycles. The molecule has 3 N–H and O–H groups in total. The van der Waals surface area contributed by atoms with Gasteiger partial charge in [-0.15, -0.1) is 0 Å². The molecule has 1 aliphatic carbocycles. The Morgan fingerprint density at radius 2 is 2.05 bits per heavy atom. The van der Waals surface area contributed by atoms with Gasteiger partial charge in [-0.05, 0) is 25.0 Å². The number of hydrogen-bond acceptors (Lipinski definition) is 3. The first-order valence-electron chi connectivity index (χ1n) is 7.60. The zero-order chi connectivity index (χ0) is 14.9. The van der Waals surface area contributed by atoms with E-state index >= 15 is 0 Å². The molecule has 0 saturated heterocycles. The van der Waals surface area contributed by atoms with E-state index in [-0.39, 0.29) is 11.9 Å². The van der Waals surface area contributed by atoms with E-state index in [2.05, 4.69) is 25.3 Å². The summed E-state index contributed by atoms with van der Waals surface area (Å²) in [7, 11) is 0. The Hall–Kier alpha value is -2.63. The minimum Gasteiger partial charge on any atom is -0.348 e. The molecular weight excluding hydrogens is 278 g/mol. The van der Waals surface area contributed by atoms with Crippen LogP contribution in [0.2, 0.25) is 0 Å². The van der Waals surface area contributed by atoms with Gasteiger partial charge in [0.2, 0.25) is 0 Å². The number of imidazole rings is 2.